The molecular weight excluding hydrogens is 378 g/mol. The first kappa shape index (κ1) is 18.7. The SMILES string of the molecule is CN=C(NCC1(C)COC1)NCC1(c2cccc(Br)c2)CCCCC1. The molecule has 1 heterocycles. The number of nitrogens with one attached hydrogen (secondary N) is 2. The molecule has 2 N–H and O–H groups in total. The molecule has 0 atom stereocenters. The molecule has 1 aromatic carbocycles. The van der Waals surface area contributed by atoms with Crippen LogP contribution in [0.3, 0.4) is 0 Å². The average Bonchev–Trinajstić information content (AvgIpc) is 2.61. The molecule has 0 bridgehead atoms. The van der Waals surface area contributed by atoms with Gasteiger partial charge in [0.2, 0.25) is 0 Å². The molecule has 1 aliphatic heterocycles. The predicted molar refractivity (Wildman–Crippen MR) is 107 cm³/mol. The summed E-state index contributed by atoms with van der Waals surface area (Å²) in [5.74, 6) is 0.896. The van der Waals surface area contributed by atoms with Gasteiger partial charge in [0.1, 0.15) is 0 Å². The van der Waals surface area contributed by atoms with Crippen LogP contribution in [0.1, 0.15) is 44.6 Å². The highest BCUT2D eigenvalue weighted by Gasteiger charge is 2.35. The third kappa shape index (κ3) is 4.56. The van der Waals surface area contributed by atoms with E-state index in [-0.39, 0.29) is 10.8 Å². The van der Waals surface area contributed by atoms with Crippen molar-refractivity contribution >= 4 is 21.9 Å². The number of ether oxygens (including phenoxy) is 1. The highest BCUT2D eigenvalue weighted by molar-refractivity contribution is 9.10. The first-order valence-corrected chi connectivity index (χ1v) is 10.1. The molecule has 4 nitrogen and oxygen atoms in total. The summed E-state index contributed by atoms with van der Waals surface area (Å²) in [5, 5.41) is 7.08. The molecule has 2 aliphatic rings. The van der Waals surface area contributed by atoms with Gasteiger partial charge in [-0.15, -0.1) is 0 Å². The van der Waals surface area contributed by atoms with Gasteiger partial charge in [0.15, 0.2) is 5.96 Å². The van der Waals surface area contributed by atoms with Gasteiger partial charge in [-0.05, 0) is 30.5 Å². The van der Waals surface area contributed by atoms with Gasteiger partial charge in [0.05, 0.1) is 13.2 Å². The van der Waals surface area contributed by atoms with Crippen molar-refractivity contribution in [3.8, 4) is 0 Å². The van der Waals surface area contributed by atoms with E-state index in [1.165, 1.54) is 37.7 Å². The van der Waals surface area contributed by atoms with Crippen LogP contribution in [-0.2, 0) is 10.2 Å². The van der Waals surface area contributed by atoms with Crippen molar-refractivity contribution in [2.45, 2.75) is 44.4 Å². The highest BCUT2D eigenvalue weighted by Crippen LogP contribution is 2.39. The third-order valence-electron chi connectivity index (χ3n) is 5.65. The summed E-state index contributed by atoms with van der Waals surface area (Å²) >= 11 is 3.64. The van der Waals surface area contributed by atoms with Crippen LogP contribution < -0.4 is 10.6 Å². The van der Waals surface area contributed by atoms with Crippen molar-refractivity contribution in [1.29, 1.82) is 0 Å². The lowest BCUT2D eigenvalue weighted by Gasteiger charge is -2.40. The number of aliphatic imine (C=N–C) groups is 1. The number of hydrogen-bond donors (Lipinski definition) is 2. The Morgan fingerprint density at radius 3 is 2.48 bits per heavy atom. The zero-order valence-corrected chi connectivity index (χ0v) is 17.0. The van der Waals surface area contributed by atoms with Crippen LogP contribution in [0.15, 0.2) is 33.7 Å². The van der Waals surface area contributed by atoms with Crippen molar-refractivity contribution in [2.24, 2.45) is 10.4 Å². The zero-order chi connectivity index (χ0) is 17.8. The lowest BCUT2D eigenvalue weighted by Crippen LogP contribution is -2.52. The fraction of sp³-hybridized carbons (Fsp3) is 0.650. The van der Waals surface area contributed by atoms with Gasteiger partial charge >= 0.3 is 0 Å². The maximum absolute atomic E-state index is 5.34. The summed E-state index contributed by atoms with van der Waals surface area (Å²) in [6.45, 7) is 5.74. The molecular formula is C20H30BrN3O. The molecule has 1 aliphatic carbocycles. The zero-order valence-electron chi connectivity index (χ0n) is 15.4. The van der Waals surface area contributed by atoms with Gasteiger partial charge in [-0.2, -0.15) is 0 Å². The van der Waals surface area contributed by atoms with Crippen molar-refractivity contribution < 1.29 is 4.74 Å². The van der Waals surface area contributed by atoms with E-state index in [1.807, 2.05) is 7.05 Å². The molecule has 0 aromatic heterocycles. The van der Waals surface area contributed by atoms with E-state index in [1.54, 1.807) is 0 Å². The summed E-state index contributed by atoms with van der Waals surface area (Å²) in [7, 11) is 1.85. The summed E-state index contributed by atoms with van der Waals surface area (Å²) in [5.41, 5.74) is 1.87. The van der Waals surface area contributed by atoms with E-state index >= 15 is 0 Å². The monoisotopic (exact) mass is 407 g/mol. The van der Waals surface area contributed by atoms with Crippen LogP contribution >= 0.6 is 15.9 Å². The topological polar surface area (TPSA) is 45.7 Å². The van der Waals surface area contributed by atoms with E-state index < -0.39 is 0 Å². The second-order valence-corrected chi connectivity index (χ2v) is 8.85. The molecule has 0 spiro atoms. The second kappa shape index (κ2) is 8.09. The van der Waals surface area contributed by atoms with E-state index in [9.17, 15) is 0 Å². The lowest BCUT2D eigenvalue weighted by atomic mass is 9.69. The van der Waals surface area contributed by atoms with Gasteiger partial charge in [-0.3, -0.25) is 4.99 Å². The summed E-state index contributed by atoms with van der Waals surface area (Å²) in [4.78, 5) is 4.42. The minimum Gasteiger partial charge on any atom is -0.380 e. The van der Waals surface area contributed by atoms with Crippen LogP contribution in [0.25, 0.3) is 0 Å². The van der Waals surface area contributed by atoms with Crippen molar-refractivity contribution in [3.63, 3.8) is 0 Å². The molecule has 0 amide bonds. The quantitative estimate of drug-likeness (QED) is 0.575. The van der Waals surface area contributed by atoms with Crippen LogP contribution in [-0.4, -0.2) is 39.3 Å². The highest BCUT2D eigenvalue weighted by atomic mass is 79.9. The van der Waals surface area contributed by atoms with Crippen molar-refractivity contribution in [3.05, 3.63) is 34.3 Å². The Hall–Kier alpha value is -1.07. The fourth-order valence-electron chi connectivity index (χ4n) is 3.94. The minimum absolute atomic E-state index is 0.198. The Labute approximate surface area is 160 Å². The van der Waals surface area contributed by atoms with Gasteiger partial charge in [0.25, 0.3) is 0 Å². The number of rotatable bonds is 5. The van der Waals surface area contributed by atoms with Gasteiger partial charge in [-0.1, -0.05) is 54.2 Å². The molecule has 0 unspecified atom stereocenters. The minimum atomic E-state index is 0.198. The van der Waals surface area contributed by atoms with E-state index in [2.05, 4.69) is 62.7 Å². The largest absolute Gasteiger partial charge is 0.380 e. The Morgan fingerprint density at radius 2 is 1.88 bits per heavy atom. The Morgan fingerprint density at radius 1 is 1.16 bits per heavy atom. The van der Waals surface area contributed by atoms with Crippen LogP contribution in [0.2, 0.25) is 0 Å². The van der Waals surface area contributed by atoms with Gasteiger partial charge in [-0.25, -0.2) is 0 Å². The first-order valence-electron chi connectivity index (χ1n) is 9.34. The average molecular weight is 408 g/mol. The fourth-order valence-corrected chi connectivity index (χ4v) is 4.34. The Kier molecular flexibility index (Phi) is 6.05. The summed E-state index contributed by atoms with van der Waals surface area (Å²) in [6.07, 6.45) is 6.42. The molecule has 2 fully saturated rings. The lowest BCUT2D eigenvalue weighted by molar-refractivity contribution is -0.0971. The maximum Gasteiger partial charge on any atom is 0.191 e. The molecule has 1 saturated heterocycles. The van der Waals surface area contributed by atoms with Gasteiger partial charge in [0, 0.05) is 35.4 Å². The Bertz CT molecular complexity index is 607. The van der Waals surface area contributed by atoms with E-state index in [0.717, 1.165) is 36.7 Å². The van der Waals surface area contributed by atoms with Crippen LogP contribution in [0.4, 0.5) is 0 Å². The molecule has 138 valence electrons. The number of nitrogens with zero attached hydrogens (tertiary/aromatic N) is 1. The number of hydrogen-bond acceptors (Lipinski definition) is 2. The van der Waals surface area contributed by atoms with E-state index in [4.69, 9.17) is 4.74 Å². The number of guanidine groups is 1. The predicted octanol–water partition coefficient (Wildman–Crippen LogP) is 3.85. The van der Waals surface area contributed by atoms with Crippen molar-refractivity contribution in [2.75, 3.05) is 33.4 Å². The molecule has 5 heteroatoms. The van der Waals surface area contributed by atoms with Crippen molar-refractivity contribution in [1.82, 2.24) is 10.6 Å². The Balaban J connectivity index is 1.65. The molecule has 25 heavy (non-hydrogen) atoms. The second-order valence-electron chi connectivity index (χ2n) is 7.93. The molecule has 0 radical (unpaired) electrons. The van der Waals surface area contributed by atoms with E-state index in [0.29, 0.717) is 0 Å². The molecule has 3 rings (SSSR count). The smallest absolute Gasteiger partial charge is 0.191 e. The molecule has 1 aromatic rings. The number of halogens is 1. The maximum atomic E-state index is 5.34. The third-order valence-corrected chi connectivity index (χ3v) is 6.14. The van der Waals surface area contributed by atoms with Gasteiger partial charge < -0.3 is 15.4 Å². The van der Waals surface area contributed by atoms with Crippen LogP contribution in [0.5, 0.6) is 0 Å². The standard InChI is InChI=1S/C20H30BrN3O/c1-19(14-25-15-19)12-23-18(22-2)24-13-20(9-4-3-5-10-20)16-7-6-8-17(21)11-16/h6-8,11H,3-5,9-10,12-15H2,1-2H3,(H2,22,23,24). The summed E-state index contributed by atoms with van der Waals surface area (Å²) < 4.78 is 6.50. The number of benzene rings is 1. The summed E-state index contributed by atoms with van der Waals surface area (Å²) in [6, 6.07) is 8.83. The first-order chi connectivity index (χ1) is 12.1. The molecule has 1 saturated carbocycles. The van der Waals surface area contributed by atoms with Crippen LogP contribution in [0, 0.1) is 5.41 Å². The normalized spacial score (nSPS) is 22.1.